The molecule has 0 aliphatic carbocycles. The van der Waals surface area contributed by atoms with E-state index in [2.05, 4.69) is 26.1 Å². The normalized spacial score (nSPS) is 13.2. The third kappa shape index (κ3) is 9.71. The van der Waals surface area contributed by atoms with Crippen LogP contribution in [-0.2, 0) is 38.0 Å². The lowest BCUT2D eigenvalue weighted by Crippen LogP contribution is -2.54. The molecule has 1 N–H and O–H groups in total. The third-order valence-electron chi connectivity index (χ3n) is 7.31. The smallest absolute Gasteiger partial charge is 0.244 e. The van der Waals surface area contributed by atoms with E-state index in [9.17, 15) is 18.0 Å². The van der Waals surface area contributed by atoms with Crippen molar-refractivity contribution in [2.24, 2.45) is 0 Å². The highest BCUT2D eigenvalue weighted by atomic mass is 35.5. The summed E-state index contributed by atoms with van der Waals surface area (Å²) >= 11 is 12.5. The molecule has 0 heterocycles. The molecule has 0 bridgehead atoms. The zero-order valence-corrected chi connectivity index (χ0v) is 27.9. The zero-order chi connectivity index (χ0) is 31.9. The van der Waals surface area contributed by atoms with Crippen molar-refractivity contribution in [2.45, 2.75) is 71.5 Å². The number of amides is 2. The summed E-state index contributed by atoms with van der Waals surface area (Å²) in [6.07, 6.45) is 2.00. The van der Waals surface area contributed by atoms with Crippen LogP contribution < -0.4 is 9.62 Å². The molecule has 3 aromatic carbocycles. The van der Waals surface area contributed by atoms with Gasteiger partial charge in [0.2, 0.25) is 21.8 Å². The summed E-state index contributed by atoms with van der Waals surface area (Å²) in [5, 5.41) is 3.69. The van der Waals surface area contributed by atoms with Crippen molar-refractivity contribution < 1.29 is 18.0 Å². The lowest BCUT2D eigenvalue weighted by atomic mass is 9.87. The second kappa shape index (κ2) is 14.6. The van der Waals surface area contributed by atoms with Crippen molar-refractivity contribution in [2.75, 3.05) is 17.1 Å². The van der Waals surface area contributed by atoms with Crippen LogP contribution >= 0.6 is 23.2 Å². The number of hydrogen-bond acceptors (Lipinski definition) is 4. The first-order valence-electron chi connectivity index (χ1n) is 14.3. The summed E-state index contributed by atoms with van der Waals surface area (Å²) in [5.74, 6) is -0.858. The van der Waals surface area contributed by atoms with E-state index in [1.165, 1.54) is 4.90 Å². The Hall–Kier alpha value is -3.07. The maximum Gasteiger partial charge on any atom is 0.244 e. The summed E-state index contributed by atoms with van der Waals surface area (Å²) in [7, 11) is -3.86. The van der Waals surface area contributed by atoms with Crippen LogP contribution in [0.2, 0.25) is 10.0 Å². The van der Waals surface area contributed by atoms with Crippen molar-refractivity contribution >= 4 is 50.7 Å². The number of rotatable bonds is 12. The quantitative estimate of drug-likeness (QED) is 0.240. The van der Waals surface area contributed by atoms with Crippen LogP contribution in [-0.4, -0.2) is 50.0 Å². The monoisotopic (exact) mass is 645 g/mol. The van der Waals surface area contributed by atoms with E-state index in [-0.39, 0.29) is 30.3 Å². The number of hydrogen-bond donors (Lipinski definition) is 1. The fraction of sp³-hybridized carbons (Fsp3) is 0.394. The fourth-order valence-corrected chi connectivity index (χ4v) is 5.74. The molecule has 7 nitrogen and oxygen atoms in total. The Balaban J connectivity index is 2.08. The van der Waals surface area contributed by atoms with E-state index in [4.69, 9.17) is 23.2 Å². The van der Waals surface area contributed by atoms with Crippen LogP contribution in [0, 0.1) is 0 Å². The molecule has 3 rings (SSSR count). The molecule has 0 unspecified atom stereocenters. The predicted molar refractivity (Wildman–Crippen MR) is 176 cm³/mol. The Bertz CT molecular complexity index is 1510. The van der Waals surface area contributed by atoms with Gasteiger partial charge in [-0.25, -0.2) is 8.42 Å². The molecule has 0 aliphatic heterocycles. The van der Waals surface area contributed by atoms with Gasteiger partial charge in [-0.15, -0.1) is 0 Å². The first-order chi connectivity index (χ1) is 20.1. The van der Waals surface area contributed by atoms with Gasteiger partial charge in [0.05, 0.1) is 22.0 Å². The van der Waals surface area contributed by atoms with Gasteiger partial charge in [0.25, 0.3) is 0 Å². The molecule has 0 aliphatic rings. The second-order valence-electron chi connectivity index (χ2n) is 11.9. The predicted octanol–water partition coefficient (Wildman–Crippen LogP) is 6.61. The molecule has 0 aromatic heterocycles. The SMILES string of the molecule is CC[C@H](C)NC(=O)[C@@H](Cc1ccccc1)N(Cc1ccc(Cl)c(Cl)c1)C(=O)CN(c1ccc(C(C)(C)C)cc1)S(C)(=O)=O. The Morgan fingerprint density at radius 3 is 2.07 bits per heavy atom. The van der Waals surface area contributed by atoms with Crippen molar-refractivity contribution in [3.8, 4) is 0 Å². The summed E-state index contributed by atoms with van der Waals surface area (Å²) in [4.78, 5) is 29.4. The minimum Gasteiger partial charge on any atom is -0.352 e. The molecule has 0 saturated heterocycles. The minimum atomic E-state index is -3.86. The molecular weight excluding hydrogens is 605 g/mol. The van der Waals surface area contributed by atoms with Gasteiger partial charge in [0.15, 0.2) is 0 Å². The van der Waals surface area contributed by atoms with Crippen LogP contribution in [0.3, 0.4) is 0 Å². The number of sulfonamides is 1. The fourth-order valence-electron chi connectivity index (χ4n) is 4.57. The van der Waals surface area contributed by atoms with Crippen LogP contribution in [0.25, 0.3) is 0 Å². The molecule has 0 fully saturated rings. The van der Waals surface area contributed by atoms with Crippen LogP contribution in [0.5, 0.6) is 0 Å². The Labute approximate surface area is 266 Å². The first-order valence-corrected chi connectivity index (χ1v) is 16.9. The summed E-state index contributed by atoms with van der Waals surface area (Å²) in [6.45, 7) is 9.59. The van der Waals surface area contributed by atoms with Gasteiger partial charge in [0.1, 0.15) is 12.6 Å². The number of halogens is 2. The largest absolute Gasteiger partial charge is 0.352 e. The van der Waals surface area contributed by atoms with Crippen molar-refractivity contribution in [1.29, 1.82) is 0 Å². The number of anilines is 1. The average Bonchev–Trinajstić information content (AvgIpc) is 2.94. The van der Waals surface area contributed by atoms with E-state index < -0.39 is 28.5 Å². The minimum absolute atomic E-state index is 0.0156. The van der Waals surface area contributed by atoms with Crippen LogP contribution in [0.15, 0.2) is 72.8 Å². The number of benzene rings is 3. The number of carbonyl (C=O) groups is 2. The highest BCUT2D eigenvalue weighted by Gasteiger charge is 2.33. The van der Waals surface area contributed by atoms with E-state index >= 15 is 0 Å². The van der Waals surface area contributed by atoms with Crippen LogP contribution in [0.4, 0.5) is 5.69 Å². The van der Waals surface area contributed by atoms with E-state index in [0.717, 1.165) is 21.7 Å². The maximum atomic E-state index is 14.2. The second-order valence-corrected chi connectivity index (χ2v) is 14.6. The van der Waals surface area contributed by atoms with E-state index in [0.29, 0.717) is 27.7 Å². The average molecular weight is 647 g/mol. The van der Waals surface area contributed by atoms with Gasteiger partial charge in [-0.05, 0) is 59.7 Å². The molecule has 0 saturated carbocycles. The molecule has 232 valence electrons. The number of carbonyl (C=O) groups excluding carboxylic acids is 2. The number of nitrogens with one attached hydrogen (secondary N) is 1. The van der Waals surface area contributed by atoms with E-state index in [1.54, 1.807) is 30.3 Å². The van der Waals surface area contributed by atoms with E-state index in [1.807, 2.05) is 56.3 Å². The molecule has 2 amide bonds. The molecule has 0 radical (unpaired) electrons. The van der Waals surface area contributed by atoms with Crippen LogP contribution in [0.1, 0.15) is 57.7 Å². The lowest BCUT2D eigenvalue weighted by Gasteiger charge is -2.34. The zero-order valence-electron chi connectivity index (χ0n) is 25.6. The van der Waals surface area contributed by atoms with Gasteiger partial charge in [-0.1, -0.05) is 99.4 Å². The molecular formula is C33H41Cl2N3O4S. The van der Waals surface area contributed by atoms with Crippen molar-refractivity contribution in [3.05, 3.63) is 99.5 Å². The Morgan fingerprint density at radius 2 is 1.53 bits per heavy atom. The lowest BCUT2D eigenvalue weighted by molar-refractivity contribution is -0.140. The Morgan fingerprint density at radius 1 is 0.907 bits per heavy atom. The topological polar surface area (TPSA) is 86.8 Å². The Kier molecular flexibility index (Phi) is 11.7. The highest BCUT2D eigenvalue weighted by molar-refractivity contribution is 7.92. The van der Waals surface area contributed by atoms with Gasteiger partial charge in [0, 0.05) is 19.0 Å². The molecule has 2 atom stereocenters. The maximum absolute atomic E-state index is 14.2. The third-order valence-corrected chi connectivity index (χ3v) is 9.19. The highest BCUT2D eigenvalue weighted by Crippen LogP contribution is 2.27. The number of nitrogens with zero attached hydrogens (tertiary/aromatic N) is 2. The van der Waals surface area contributed by atoms with Gasteiger partial charge in [-0.3, -0.25) is 13.9 Å². The molecule has 10 heteroatoms. The summed E-state index contributed by atoms with van der Waals surface area (Å²) < 4.78 is 27.1. The summed E-state index contributed by atoms with van der Waals surface area (Å²) in [6, 6.07) is 20.5. The molecule has 0 spiro atoms. The molecule has 43 heavy (non-hydrogen) atoms. The van der Waals surface area contributed by atoms with Gasteiger partial charge < -0.3 is 10.2 Å². The summed E-state index contributed by atoms with van der Waals surface area (Å²) in [5.41, 5.74) is 2.77. The van der Waals surface area contributed by atoms with Crippen molar-refractivity contribution in [3.63, 3.8) is 0 Å². The van der Waals surface area contributed by atoms with Crippen molar-refractivity contribution in [1.82, 2.24) is 10.2 Å². The first kappa shape index (κ1) is 34.4. The van der Waals surface area contributed by atoms with Gasteiger partial charge in [-0.2, -0.15) is 0 Å². The van der Waals surface area contributed by atoms with Gasteiger partial charge >= 0.3 is 0 Å². The molecule has 3 aromatic rings. The standard InChI is InChI=1S/C33H41Cl2N3O4S/c1-7-23(2)36-32(40)30(20-24-11-9-8-10-12-24)37(21-25-13-18-28(34)29(35)19-25)31(39)22-38(43(6,41)42)27-16-14-26(15-17-27)33(3,4)5/h8-19,23,30H,7,20-22H2,1-6H3,(H,36,40)/t23-,30+/m0/s1.